The lowest BCUT2D eigenvalue weighted by molar-refractivity contribution is 0.0461. The first-order valence-corrected chi connectivity index (χ1v) is 11.6. The van der Waals surface area contributed by atoms with E-state index < -0.39 is 0 Å². The maximum atomic E-state index is 13.5. The normalized spacial score (nSPS) is 22.6. The highest BCUT2D eigenvalue weighted by molar-refractivity contribution is 6.02. The molecule has 0 radical (unpaired) electrons. The number of carbonyl (C=O) groups excluding carboxylic acids is 2. The number of hydrogen-bond donors (Lipinski definition) is 1. The first kappa shape index (κ1) is 20.7. The Bertz CT molecular complexity index is 1110. The van der Waals surface area contributed by atoms with E-state index in [1.807, 2.05) is 29.2 Å². The molecule has 2 heterocycles. The number of nitrogens with zero attached hydrogens (tertiary/aromatic N) is 3. The summed E-state index contributed by atoms with van der Waals surface area (Å²) in [5.41, 5.74) is 5.22. The van der Waals surface area contributed by atoms with Gasteiger partial charge in [0.05, 0.1) is 17.7 Å². The largest absolute Gasteiger partial charge is 0.339 e. The fourth-order valence-corrected chi connectivity index (χ4v) is 5.53. The van der Waals surface area contributed by atoms with Gasteiger partial charge in [-0.15, -0.1) is 0 Å². The lowest BCUT2D eigenvalue weighted by atomic mass is 9.70. The molecule has 2 aromatic carbocycles. The molecular weight excluding hydrogens is 400 g/mol. The SMILES string of the molecule is CCc1cc2c(cc1C(=O)N1CCC(c3ccc(C#N)cc3)CC1)C(=O)N(N)C1CCC21. The van der Waals surface area contributed by atoms with Gasteiger partial charge < -0.3 is 4.90 Å². The number of rotatable bonds is 3. The predicted octanol–water partition coefficient (Wildman–Crippen LogP) is 3.72. The average Bonchev–Trinajstić information content (AvgIpc) is 2.81. The van der Waals surface area contributed by atoms with Crippen LogP contribution in [0, 0.1) is 11.3 Å². The third kappa shape index (κ3) is 3.28. The van der Waals surface area contributed by atoms with Gasteiger partial charge in [-0.2, -0.15) is 5.26 Å². The van der Waals surface area contributed by atoms with E-state index in [1.54, 1.807) is 6.07 Å². The van der Waals surface area contributed by atoms with Crippen molar-refractivity contribution < 1.29 is 9.59 Å². The molecule has 5 rings (SSSR count). The van der Waals surface area contributed by atoms with E-state index in [4.69, 9.17) is 11.1 Å². The molecule has 6 nitrogen and oxygen atoms in total. The molecule has 1 saturated heterocycles. The summed E-state index contributed by atoms with van der Waals surface area (Å²) < 4.78 is 0. The summed E-state index contributed by atoms with van der Waals surface area (Å²) in [4.78, 5) is 28.2. The molecule has 2 unspecified atom stereocenters. The Balaban J connectivity index is 1.36. The van der Waals surface area contributed by atoms with Crippen LogP contribution >= 0.6 is 0 Å². The van der Waals surface area contributed by atoms with Gasteiger partial charge in [0, 0.05) is 30.1 Å². The number of nitriles is 1. The Morgan fingerprint density at radius 2 is 1.84 bits per heavy atom. The van der Waals surface area contributed by atoms with Gasteiger partial charge in [0.15, 0.2) is 0 Å². The minimum atomic E-state index is -0.169. The number of hydrogen-bond acceptors (Lipinski definition) is 4. The molecule has 0 bridgehead atoms. The van der Waals surface area contributed by atoms with Crippen LogP contribution in [0.4, 0.5) is 0 Å². The number of piperidine rings is 1. The number of amides is 2. The number of aryl methyl sites for hydroxylation is 1. The summed E-state index contributed by atoms with van der Waals surface area (Å²) in [6.45, 7) is 3.44. The Morgan fingerprint density at radius 3 is 2.44 bits per heavy atom. The molecule has 164 valence electrons. The Morgan fingerprint density at radius 1 is 1.12 bits per heavy atom. The monoisotopic (exact) mass is 428 g/mol. The van der Waals surface area contributed by atoms with Gasteiger partial charge in [-0.05, 0) is 72.9 Å². The minimum absolute atomic E-state index is 0.00929. The van der Waals surface area contributed by atoms with Gasteiger partial charge in [-0.25, -0.2) is 5.84 Å². The molecule has 3 aliphatic rings. The number of hydrazine groups is 1. The van der Waals surface area contributed by atoms with Gasteiger partial charge in [0.25, 0.3) is 11.8 Å². The summed E-state index contributed by atoms with van der Waals surface area (Å²) in [5, 5.41) is 10.4. The van der Waals surface area contributed by atoms with Crippen molar-refractivity contribution in [3.63, 3.8) is 0 Å². The molecule has 1 saturated carbocycles. The van der Waals surface area contributed by atoms with Crippen LogP contribution < -0.4 is 5.84 Å². The lowest BCUT2D eigenvalue weighted by Crippen LogP contribution is -2.56. The van der Waals surface area contributed by atoms with Crippen LogP contribution in [-0.4, -0.2) is 40.9 Å². The Labute approximate surface area is 188 Å². The second kappa shape index (κ2) is 8.07. The number of fused-ring (bicyclic) bond motifs is 3. The molecule has 2 atom stereocenters. The number of nitrogens with two attached hydrogens (primary N) is 1. The Kier molecular flexibility index (Phi) is 5.22. The standard InChI is InChI=1S/C26H28N4O2/c1-2-17-13-22-20-7-8-24(20)30(28)26(32)23(22)14-21(17)25(31)29-11-9-19(10-12-29)18-5-3-16(15-27)4-6-18/h3-6,13-14,19-20,24H,2,7-12,28H2,1H3. The zero-order chi connectivity index (χ0) is 22.4. The molecule has 2 aromatic rings. The maximum Gasteiger partial charge on any atom is 0.268 e. The van der Waals surface area contributed by atoms with Gasteiger partial charge in [-0.1, -0.05) is 25.1 Å². The van der Waals surface area contributed by atoms with Crippen LogP contribution in [0.3, 0.4) is 0 Å². The van der Waals surface area contributed by atoms with Crippen LogP contribution in [0.15, 0.2) is 36.4 Å². The van der Waals surface area contributed by atoms with E-state index in [9.17, 15) is 9.59 Å². The first-order valence-electron chi connectivity index (χ1n) is 11.6. The summed E-state index contributed by atoms with van der Waals surface area (Å²) in [7, 11) is 0. The summed E-state index contributed by atoms with van der Waals surface area (Å²) in [6.07, 6.45) is 4.53. The smallest absolute Gasteiger partial charge is 0.268 e. The zero-order valence-corrected chi connectivity index (χ0v) is 18.4. The van der Waals surface area contributed by atoms with Crippen LogP contribution in [0.25, 0.3) is 0 Å². The molecule has 2 aliphatic heterocycles. The lowest BCUT2D eigenvalue weighted by Gasteiger charge is -2.47. The van der Waals surface area contributed by atoms with Crippen molar-refractivity contribution in [2.24, 2.45) is 5.84 Å². The van der Waals surface area contributed by atoms with E-state index in [0.717, 1.165) is 43.2 Å². The third-order valence-electron chi connectivity index (χ3n) is 7.64. The quantitative estimate of drug-likeness (QED) is 0.596. The second-order valence-electron chi connectivity index (χ2n) is 9.21. The van der Waals surface area contributed by atoms with Crippen LogP contribution in [0.1, 0.15) is 87.4 Å². The highest BCUT2D eigenvalue weighted by Gasteiger charge is 2.44. The van der Waals surface area contributed by atoms with Crippen molar-refractivity contribution in [2.75, 3.05) is 13.1 Å². The molecular formula is C26H28N4O2. The van der Waals surface area contributed by atoms with E-state index >= 15 is 0 Å². The molecule has 2 fully saturated rings. The summed E-state index contributed by atoms with van der Waals surface area (Å²) in [5.74, 6) is 6.61. The number of likely N-dealkylation sites (tertiary alicyclic amines) is 1. The fraction of sp³-hybridized carbons (Fsp3) is 0.423. The summed E-state index contributed by atoms with van der Waals surface area (Å²) >= 11 is 0. The van der Waals surface area contributed by atoms with Gasteiger partial charge in [0.2, 0.25) is 0 Å². The average molecular weight is 429 g/mol. The molecule has 32 heavy (non-hydrogen) atoms. The van der Waals surface area contributed by atoms with E-state index in [0.29, 0.717) is 41.6 Å². The summed E-state index contributed by atoms with van der Waals surface area (Å²) in [6, 6.07) is 13.9. The van der Waals surface area contributed by atoms with Crippen molar-refractivity contribution in [3.8, 4) is 6.07 Å². The van der Waals surface area contributed by atoms with Crippen molar-refractivity contribution in [3.05, 3.63) is 69.8 Å². The Hall–Kier alpha value is -3.17. The van der Waals surface area contributed by atoms with Gasteiger partial charge >= 0.3 is 0 Å². The van der Waals surface area contributed by atoms with Crippen molar-refractivity contribution in [2.45, 2.75) is 56.9 Å². The predicted molar refractivity (Wildman–Crippen MR) is 121 cm³/mol. The zero-order valence-electron chi connectivity index (χ0n) is 18.4. The molecule has 1 aliphatic carbocycles. The molecule has 2 N–H and O–H groups in total. The van der Waals surface area contributed by atoms with E-state index in [1.165, 1.54) is 10.6 Å². The topological polar surface area (TPSA) is 90.4 Å². The highest BCUT2D eigenvalue weighted by Crippen LogP contribution is 2.45. The molecule has 0 aromatic heterocycles. The maximum absolute atomic E-state index is 13.5. The first-order chi connectivity index (χ1) is 15.5. The molecule has 0 spiro atoms. The fourth-order valence-electron chi connectivity index (χ4n) is 5.53. The van der Waals surface area contributed by atoms with Gasteiger partial charge in [0.1, 0.15) is 0 Å². The minimum Gasteiger partial charge on any atom is -0.339 e. The second-order valence-corrected chi connectivity index (χ2v) is 9.21. The van der Waals surface area contributed by atoms with Crippen LogP contribution in [0.5, 0.6) is 0 Å². The van der Waals surface area contributed by atoms with Crippen LogP contribution in [0.2, 0.25) is 0 Å². The van der Waals surface area contributed by atoms with Crippen molar-refractivity contribution in [1.82, 2.24) is 9.91 Å². The number of benzene rings is 2. The van der Waals surface area contributed by atoms with E-state index in [-0.39, 0.29) is 17.9 Å². The third-order valence-corrected chi connectivity index (χ3v) is 7.64. The van der Waals surface area contributed by atoms with Crippen LogP contribution in [-0.2, 0) is 6.42 Å². The van der Waals surface area contributed by atoms with E-state index in [2.05, 4.69) is 19.1 Å². The van der Waals surface area contributed by atoms with Crippen molar-refractivity contribution in [1.29, 1.82) is 5.26 Å². The van der Waals surface area contributed by atoms with Crippen molar-refractivity contribution >= 4 is 11.8 Å². The highest BCUT2D eigenvalue weighted by atomic mass is 16.2. The molecule has 6 heteroatoms. The number of carbonyl (C=O) groups is 2. The molecule has 2 amide bonds. The van der Waals surface area contributed by atoms with Gasteiger partial charge in [-0.3, -0.25) is 14.6 Å².